The van der Waals surface area contributed by atoms with Gasteiger partial charge < -0.3 is 10.6 Å². The largest absolute Gasteiger partial charge is 0.352 e. The number of halogens is 2. The monoisotopic (exact) mass is 302 g/mol. The zero-order valence-electron chi connectivity index (χ0n) is 9.89. The molecule has 0 heterocycles. The number of rotatable bonds is 5. The third-order valence-corrected chi connectivity index (χ3v) is 3.16. The van der Waals surface area contributed by atoms with E-state index >= 15 is 0 Å². The summed E-state index contributed by atoms with van der Waals surface area (Å²) >= 11 is 3.26. The van der Waals surface area contributed by atoms with Gasteiger partial charge in [0.2, 0.25) is 5.91 Å². The number of carbonyl (C=O) groups excluding carboxylic acids is 1. The Bertz CT molecular complexity index is 398. The van der Waals surface area contributed by atoms with Crippen LogP contribution in [-0.2, 0) is 11.3 Å². The molecule has 1 rings (SSSR count). The topological polar surface area (TPSA) is 41.1 Å². The summed E-state index contributed by atoms with van der Waals surface area (Å²) in [6.07, 6.45) is 0. The number of hydrogen-bond donors (Lipinski definition) is 2. The molecule has 0 aromatic heterocycles. The molecule has 0 aliphatic heterocycles. The molecule has 1 atom stereocenters. The molecule has 17 heavy (non-hydrogen) atoms. The van der Waals surface area contributed by atoms with Gasteiger partial charge >= 0.3 is 0 Å². The third kappa shape index (κ3) is 4.44. The fourth-order valence-electron chi connectivity index (χ4n) is 1.42. The molecule has 0 aliphatic carbocycles. The highest BCUT2D eigenvalue weighted by Gasteiger charge is 2.11. The average molecular weight is 303 g/mol. The fourth-order valence-corrected chi connectivity index (χ4v) is 1.91. The van der Waals surface area contributed by atoms with Crippen LogP contribution < -0.4 is 10.6 Å². The van der Waals surface area contributed by atoms with E-state index in [0.717, 1.165) is 5.56 Å². The minimum Gasteiger partial charge on any atom is -0.352 e. The van der Waals surface area contributed by atoms with E-state index < -0.39 is 0 Å². The molecule has 0 fully saturated rings. The predicted molar refractivity (Wildman–Crippen MR) is 69.0 cm³/mol. The molecule has 1 amide bonds. The Morgan fingerprint density at radius 3 is 2.82 bits per heavy atom. The lowest BCUT2D eigenvalue weighted by molar-refractivity contribution is -0.124. The van der Waals surface area contributed by atoms with Gasteiger partial charge in [0.25, 0.3) is 0 Å². The third-order valence-electron chi connectivity index (χ3n) is 2.43. The molecule has 3 nitrogen and oxygen atoms in total. The Labute approximate surface area is 109 Å². The number of amides is 1. The molecule has 0 spiro atoms. The zero-order chi connectivity index (χ0) is 12.8. The van der Waals surface area contributed by atoms with E-state index in [4.69, 9.17) is 0 Å². The molecule has 0 saturated carbocycles. The fraction of sp³-hybridized carbons (Fsp3) is 0.417. The Balaban J connectivity index is 2.53. The summed E-state index contributed by atoms with van der Waals surface area (Å²) in [7, 11) is 1.81. The minimum absolute atomic E-state index is 0.0180. The quantitative estimate of drug-likeness (QED) is 0.874. The molecular formula is C12H16BrFN2O. The molecular weight excluding hydrogens is 287 g/mol. The molecule has 5 heteroatoms. The van der Waals surface area contributed by atoms with Crippen molar-refractivity contribution in [2.24, 2.45) is 5.92 Å². The first-order valence-corrected chi connectivity index (χ1v) is 6.20. The SMILES string of the molecule is CNCC(C)C(=O)NCc1ccc(F)cc1Br. The van der Waals surface area contributed by atoms with E-state index in [1.165, 1.54) is 12.1 Å². The van der Waals surface area contributed by atoms with Gasteiger partial charge in [-0.15, -0.1) is 0 Å². The van der Waals surface area contributed by atoms with Crippen molar-refractivity contribution in [3.63, 3.8) is 0 Å². The second kappa shape index (κ2) is 6.71. The van der Waals surface area contributed by atoms with Crippen LogP contribution in [0.25, 0.3) is 0 Å². The zero-order valence-corrected chi connectivity index (χ0v) is 11.5. The van der Waals surface area contributed by atoms with E-state index in [1.54, 1.807) is 13.1 Å². The highest BCUT2D eigenvalue weighted by atomic mass is 79.9. The van der Waals surface area contributed by atoms with Gasteiger partial charge in [-0.25, -0.2) is 4.39 Å². The summed E-state index contributed by atoms with van der Waals surface area (Å²) in [5.41, 5.74) is 0.858. The van der Waals surface area contributed by atoms with Gasteiger partial charge in [0.15, 0.2) is 0 Å². The van der Waals surface area contributed by atoms with Gasteiger partial charge in [0, 0.05) is 23.5 Å². The summed E-state index contributed by atoms with van der Waals surface area (Å²) in [6.45, 7) is 2.88. The molecule has 1 aromatic carbocycles. The van der Waals surface area contributed by atoms with Gasteiger partial charge in [-0.2, -0.15) is 0 Å². The second-order valence-corrected chi connectivity index (χ2v) is 4.77. The number of nitrogens with one attached hydrogen (secondary N) is 2. The normalized spacial score (nSPS) is 12.2. The summed E-state index contributed by atoms with van der Waals surface area (Å²) in [4.78, 5) is 11.6. The van der Waals surface area contributed by atoms with Crippen LogP contribution >= 0.6 is 15.9 Å². The van der Waals surface area contributed by atoms with Gasteiger partial charge in [0.05, 0.1) is 0 Å². The summed E-state index contributed by atoms with van der Waals surface area (Å²) < 4.78 is 13.5. The lowest BCUT2D eigenvalue weighted by Crippen LogP contribution is -2.33. The van der Waals surface area contributed by atoms with Crippen molar-refractivity contribution >= 4 is 21.8 Å². The van der Waals surface area contributed by atoms with E-state index in [-0.39, 0.29) is 17.6 Å². The lowest BCUT2D eigenvalue weighted by Gasteiger charge is -2.12. The van der Waals surface area contributed by atoms with Crippen LogP contribution in [0.1, 0.15) is 12.5 Å². The number of carbonyl (C=O) groups is 1. The van der Waals surface area contributed by atoms with E-state index in [0.29, 0.717) is 17.6 Å². The smallest absolute Gasteiger partial charge is 0.224 e. The molecule has 1 aromatic rings. The number of hydrogen-bond acceptors (Lipinski definition) is 2. The van der Waals surface area contributed by atoms with Crippen LogP contribution in [0, 0.1) is 11.7 Å². The van der Waals surface area contributed by atoms with Crippen LogP contribution in [0.3, 0.4) is 0 Å². The first-order valence-electron chi connectivity index (χ1n) is 5.41. The van der Waals surface area contributed by atoms with Gasteiger partial charge in [-0.05, 0) is 24.7 Å². The lowest BCUT2D eigenvalue weighted by atomic mass is 10.1. The predicted octanol–water partition coefficient (Wildman–Crippen LogP) is 2.06. The van der Waals surface area contributed by atoms with Crippen molar-refractivity contribution in [1.82, 2.24) is 10.6 Å². The molecule has 2 N–H and O–H groups in total. The molecule has 0 bridgehead atoms. The molecule has 0 aliphatic rings. The Morgan fingerprint density at radius 2 is 2.24 bits per heavy atom. The summed E-state index contributed by atoms with van der Waals surface area (Å²) in [5, 5.41) is 5.76. The van der Waals surface area contributed by atoms with E-state index in [9.17, 15) is 9.18 Å². The van der Waals surface area contributed by atoms with Crippen molar-refractivity contribution in [2.45, 2.75) is 13.5 Å². The highest BCUT2D eigenvalue weighted by molar-refractivity contribution is 9.10. The van der Waals surface area contributed by atoms with Crippen LogP contribution in [0.15, 0.2) is 22.7 Å². The van der Waals surface area contributed by atoms with Crippen LogP contribution in [-0.4, -0.2) is 19.5 Å². The maximum Gasteiger partial charge on any atom is 0.224 e. The average Bonchev–Trinajstić information content (AvgIpc) is 2.27. The van der Waals surface area contributed by atoms with E-state index in [1.807, 2.05) is 6.92 Å². The van der Waals surface area contributed by atoms with Crippen molar-refractivity contribution in [3.05, 3.63) is 34.1 Å². The molecule has 94 valence electrons. The van der Waals surface area contributed by atoms with Gasteiger partial charge in [-0.1, -0.05) is 28.9 Å². The van der Waals surface area contributed by atoms with E-state index in [2.05, 4.69) is 26.6 Å². The maximum atomic E-state index is 12.8. The van der Waals surface area contributed by atoms with Crippen LogP contribution in [0.4, 0.5) is 4.39 Å². The molecule has 0 radical (unpaired) electrons. The first-order chi connectivity index (χ1) is 8.04. The van der Waals surface area contributed by atoms with Crippen molar-refractivity contribution in [2.75, 3.05) is 13.6 Å². The molecule has 1 unspecified atom stereocenters. The van der Waals surface area contributed by atoms with Crippen LogP contribution in [0.2, 0.25) is 0 Å². The van der Waals surface area contributed by atoms with Crippen molar-refractivity contribution < 1.29 is 9.18 Å². The number of benzene rings is 1. The Hall–Kier alpha value is -0.940. The van der Waals surface area contributed by atoms with Crippen molar-refractivity contribution in [1.29, 1.82) is 0 Å². The molecule has 0 saturated heterocycles. The summed E-state index contributed by atoms with van der Waals surface area (Å²) in [5.74, 6) is -0.398. The van der Waals surface area contributed by atoms with Gasteiger partial charge in [0.1, 0.15) is 5.82 Å². The Morgan fingerprint density at radius 1 is 1.53 bits per heavy atom. The van der Waals surface area contributed by atoms with Crippen molar-refractivity contribution in [3.8, 4) is 0 Å². The highest BCUT2D eigenvalue weighted by Crippen LogP contribution is 2.17. The Kier molecular flexibility index (Phi) is 5.58. The second-order valence-electron chi connectivity index (χ2n) is 3.91. The first kappa shape index (κ1) is 14.1. The standard InChI is InChI=1S/C12H16BrFN2O/c1-8(6-15-2)12(17)16-7-9-3-4-10(14)5-11(9)13/h3-5,8,15H,6-7H2,1-2H3,(H,16,17). The summed E-state index contributed by atoms with van der Waals surface area (Å²) in [6, 6.07) is 4.42. The maximum absolute atomic E-state index is 12.8. The minimum atomic E-state index is -0.296. The van der Waals surface area contributed by atoms with Gasteiger partial charge in [-0.3, -0.25) is 4.79 Å². The van der Waals surface area contributed by atoms with Crippen LogP contribution in [0.5, 0.6) is 0 Å².